The van der Waals surface area contributed by atoms with E-state index in [1.54, 1.807) is 0 Å². The maximum atomic E-state index is 12.5. The topological polar surface area (TPSA) is 78.8 Å². The fourth-order valence-electron chi connectivity index (χ4n) is 2.73. The summed E-state index contributed by atoms with van der Waals surface area (Å²) in [6.07, 6.45) is 0.461. The van der Waals surface area contributed by atoms with Crippen molar-refractivity contribution < 1.29 is 18.6 Å². The summed E-state index contributed by atoms with van der Waals surface area (Å²) in [4.78, 5) is 13.3. The molecule has 1 saturated heterocycles. The van der Waals surface area contributed by atoms with E-state index in [1.807, 2.05) is 32.9 Å². The van der Waals surface area contributed by atoms with Gasteiger partial charge < -0.3 is 10.1 Å². The molecule has 1 aromatic heterocycles. The largest absolute Gasteiger partial charge is 0.460 e. The Kier molecular flexibility index (Phi) is 5.86. The fourth-order valence-corrected chi connectivity index (χ4v) is 6.75. The minimum Gasteiger partial charge on any atom is -0.460 e. The first kappa shape index (κ1) is 19.2. The van der Waals surface area contributed by atoms with Gasteiger partial charge in [-0.3, -0.25) is 13.9 Å². The molecule has 2 heterocycles. The van der Waals surface area contributed by atoms with Crippen LogP contribution in [0, 0.1) is 0 Å². The van der Waals surface area contributed by atoms with Crippen LogP contribution in [0.15, 0.2) is 15.9 Å². The van der Waals surface area contributed by atoms with Crippen LogP contribution in [-0.4, -0.2) is 39.5 Å². The van der Waals surface area contributed by atoms with Crippen molar-refractivity contribution >= 4 is 43.8 Å². The number of nitrogens with one attached hydrogen (secondary N) is 1. The highest BCUT2D eigenvalue weighted by Gasteiger charge is 2.48. The highest BCUT2D eigenvalue weighted by Crippen LogP contribution is 2.63. The number of hydrogen-bond donors (Lipinski definition) is 3. The molecule has 2 rings (SSSR count). The molecule has 8 heteroatoms. The van der Waals surface area contributed by atoms with Crippen molar-refractivity contribution in [2.24, 2.45) is 0 Å². The molecule has 0 saturated carbocycles. The Bertz CT molecular complexity index is 570. The van der Waals surface area contributed by atoms with Crippen LogP contribution in [0.1, 0.15) is 38.5 Å². The Morgan fingerprint density at radius 3 is 2.70 bits per heavy atom. The lowest BCUT2D eigenvalue weighted by Gasteiger charge is -2.49. The van der Waals surface area contributed by atoms with Crippen molar-refractivity contribution in [2.75, 3.05) is 18.8 Å². The molecule has 23 heavy (non-hydrogen) atoms. The molecule has 1 atom stereocenters. The third-order valence-corrected chi connectivity index (χ3v) is 8.32. The van der Waals surface area contributed by atoms with E-state index in [0.717, 1.165) is 8.66 Å². The van der Waals surface area contributed by atoms with Gasteiger partial charge in [-0.15, -0.1) is 11.3 Å². The molecule has 3 N–H and O–H groups in total. The number of carbonyl (C=O) groups is 1. The highest BCUT2D eigenvalue weighted by atomic mass is 79.9. The number of thiophene rings is 1. The maximum absolute atomic E-state index is 12.5. The van der Waals surface area contributed by atoms with Crippen LogP contribution in [0.5, 0.6) is 0 Å². The quantitative estimate of drug-likeness (QED) is 0.632. The molecule has 1 unspecified atom stereocenters. The molecule has 0 aliphatic carbocycles. The van der Waals surface area contributed by atoms with Crippen LogP contribution >= 0.6 is 37.9 Å². The molecular formula is C15H24BrNO4S2. The lowest BCUT2D eigenvalue weighted by molar-refractivity contribution is -0.155. The predicted molar refractivity (Wildman–Crippen MR) is 99.4 cm³/mol. The zero-order valence-corrected chi connectivity index (χ0v) is 16.8. The van der Waals surface area contributed by atoms with Gasteiger partial charge in [-0.1, -0.05) is 0 Å². The number of ether oxygens (including phenoxy) is 1. The van der Waals surface area contributed by atoms with Crippen molar-refractivity contribution in [1.82, 2.24) is 5.32 Å². The highest BCUT2D eigenvalue weighted by molar-refractivity contribution is 9.11. The zero-order chi connectivity index (χ0) is 17.3. The average Bonchev–Trinajstić information content (AvgIpc) is 2.75. The summed E-state index contributed by atoms with van der Waals surface area (Å²) in [5.41, 5.74) is -0.597. The smallest absolute Gasteiger partial charge is 0.308 e. The molecule has 1 aliphatic heterocycles. The molecule has 0 radical (unpaired) electrons. The van der Waals surface area contributed by atoms with Crippen molar-refractivity contribution in [3.8, 4) is 0 Å². The Morgan fingerprint density at radius 2 is 2.13 bits per heavy atom. The SMILES string of the molecule is CC(C)(C)OC(=O)CC1(c2ccc(Br)s2)CCNCCS1(O)O. The summed E-state index contributed by atoms with van der Waals surface area (Å²) in [6, 6.07) is 3.75. The number of hydrogen-bond acceptors (Lipinski definition) is 6. The first-order chi connectivity index (χ1) is 10.6. The van der Waals surface area contributed by atoms with E-state index >= 15 is 0 Å². The molecular weight excluding hydrogens is 402 g/mol. The second-order valence-electron chi connectivity index (χ2n) is 6.73. The van der Waals surface area contributed by atoms with E-state index in [9.17, 15) is 13.9 Å². The first-order valence-electron chi connectivity index (χ1n) is 7.50. The van der Waals surface area contributed by atoms with Gasteiger partial charge in [-0.25, -0.2) is 0 Å². The number of carbonyl (C=O) groups excluding carboxylic acids is 1. The summed E-state index contributed by atoms with van der Waals surface area (Å²) in [7, 11) is -2.99. The predicted octanol–water partition coefficient (Wildman–Crippen LogP) is 4.18. The van der Waals surface area contributed by atoms with E-state index in [1.165, 1.54) is 11.3 Å². The van der Waals surface area contributed by atoms with Crippen LogP contribution in [-0.2, 0) is 14.3 Å². The molecule has 0 aromatic carbocycles. The van der Waals surface area contributed by atoms with Gasteiger partial charge in [-0.05, 0) is 61.8 Å². The van der Waals surface area contributed by atoms with Gasteiger partial charge in [0.05, 0.1) is 16.0 Å². The summed E-state index contributed by atoms with van der Waals surface area (Å²) in [5, 5.41) is 3.20. The van der Waals surface area contributed by atoms with Gasteiger partial charge in [0.1, 0.15) is 10.3 Å². The second-order valence-corrected chi connectivity index (χ2v) is 11.7. The number of rotatable bonds is 3. The third-order valence-electron chi connectivity index (χ3n) is 3.77. The minimum atomic E-state index is -2.99. The van der Waals surface area contributed by atoms with Crippen LogP contribution in [0.4, 0.5) is 0 Å². The summed E-state index contributed by atoms with van der Waals surface area (Å²) >= 11 is 4.87. The summed E-state index contributed by atoms with van der Waals surface area (Å²) < 4.78 is 27.1. The summed E-state index contributed by atoms with van der Waals surface area (Å²) in [5.74, 6) is -0.158. The normalized spacial score (nSPS) is 26.3. The Labute approximate surface area is 151 Å². The van der Waals surface area contributed by atoms with Crippen molar-refractivity contribution in [3.63, 3.8) is 0 Å². The number of halogens is 1. The van der Waals surface area contributed by atoms with Gasteiger partial charge in [-0.2, -0.15) is 10.6 Å². The van der Waals surface area contributed by atoms with E-state index < -0.39 is 26.9 Å². The second kappa shape index (κ2) is 7.01. The van der Waals surface area contributed by atoms with Gasteiger partial charge in [0, 0.05) is 11.4 Å². The van der Waals surface area contributed by atoms with E-state index in [-0.39, 0.29) is 12.2 Å². The van der Waals surface area contributed by atoms with E-state index in [4.69, 9.17) is 4.74 Å². The van der Waals surface area contributed by atoms with Crippen molar-refractivity contribution in [3.05, 3.63) is 20.8 Å². The van der Waals surface area contributed by atoms with Crippen molar-refractivity contribution in [1.29, 1.82) is 0 Å². The maximum Gasteiger partial charge on any atom is 0.308 e. The monoisotopic (exact) mass is 425 g/mol. The van der Waals surface area contributed by atoms with Crippen LogP contribution in [0.3, 0.4) is 0 Å². The molecule has 0 spiro atoms. The zero-order valence-electron chi connectivity index (χ0n) is 13.6. The molecule has 1 aliphatic rings. The average molecular weight is 426 g/mol. The Balaban J connectivity index is 2.40. The number of esters is 1. The van der Waals surface area contributed by atoms with Gasteiger partial charge >= 0.3 is 5.97 Å². The molecule has 5 nitrogen and oxygen atoms in total. The molecule has 0 bridgehead atoms. The third kappa shape index (κ3) is 4.49. The Morgan fingerprint density at radius 1 is 1.43 bits per heavy atom. The lowest BCUT2D eigenvalue weighted by atomic mass is 9.98. The van der Waals surface area contributed by atoms with Gasteiger partial charge in [0.15, 0.2) is 0 Å². The first-order valence-corrected chi connectivity index (χ1v) is 10.8. The molecule has 132 valence electrons. The molecule has 1 aromatic rings. The Hall–Kier alpha value is -0.120. The molecule has 0 amide bonds. The van der Waals surface area contributed by atoms with Crippen molar-refractivity contribution in [2.45, 2.75) is 44.0 Å². The van der Waals surface area contributed by atoms with E-state index in [0.29, 0.717) is 19.5 Å². The molecule has 1 fully saturated rings. The lowest BCUT2D eigenvalue weighted by Crippen LogP contribution is -2.38. The van der Waals surface area contributed by atoms with Crippen LogP contribution in [0.25, 0.3) is 0 Å². The standard InChI is InChI=1S/C15H24BrNO4S2/c1-14(2,3)21-13(18)10-15(11-4-5-12(16)22-11)6-7-17-8-9-23(15,19)20/h4-5,17,19-20H,6-10H2,1-3H3. The van der Waals surface area contributed by atoms with Gasteiger partial charge in [0.2, 0.25) is 0 Å². The van der Waals surface area contributed by atoms with Crippen LogP contribution in [0.2, 0.25) is 0 Å². The minimum absolute atomic E-state index is 0.0266. The van der Waals surface area contributed by atoms with Gasteiger partial charge in [0.25, 0.3) is 0 Å². The summed E-state index contributed by atoms with van der Waals surface area (Å²) in [6.45, 7) is 6.60. The van der Waals surface area contributed by atoms with Crippen LogP contribution < -0.4 is 5.32 Å². The van der Waals surface area contributed by atoms with E-state index in [2.05, 4.69) is 21.2 Å². The fraction of sp³-hybridized carbons (Fsp3) is 0.667.